The van der Waals surface area contributed by atoms with Gasteiger partial charge in [0.1, 0.15) is 0 Å². The van der Waals surface area contributed by atoms with Crippen LogP contribution in [0.15, 0.2) is 0 Å². The number of carboxylic acids is 4. The van der Waals surface area contributed by atoms with Gasteiger partial charge in [-0.1, -0.05) is 0 Å². The van der Waals surface area contributed by atoms with Gasteiger partial charge in [-0.2, -0.15) is 0 Å². The third-order valence-electron chi connectivity index (χ3n) is 1.11. The minimum absolute atomic E-state index is 0. The molecular formula is C8H12FeO8. The summed E-state index contributed by atoms with van der Waals surface area (Å²) in [4.78, 5) is 38.6. The van der Waals surface area contributed by atoms with Crippen LogP contribution in [0.2, 0.25) is 0 Å². The van der Waals surface area contributed by atoms with Crippen LogP contribution in [0.25, 0.3) is 0 Å². The van der Waals surface area contributed by atoms with E-state index in [4.69, 9.17) is 20.4 Å². The van der Waals surface area contributed by atoms with Crippen LogP contribution < -0.4 is 0 Å². The Labute approximate surface area is 107 Å². The standard InChI is InChI=1S/2C4H6O4.Fe/c2*5-3(6)1-2-4(7)8;/h2*1-2H2,(H,5,6)(H,7,8);. The predicted molar refractivity (Wildman–Crippen MR) is 49.0 cm³/mol. The molecule has 0 saturated heterocycles. The summed E-state index contributed by atoms with van der Waals surface area (Å²) in [5.74, 6) is -4.31. The van der Waals surface area contributed by atoms with Gasteiger partial charge in [0.05, 0.1) is 25.7 Å². The number of hydrogen-bond donors (Lipinski definition) is 4. The van der Waals surface area contributed by atoms with Crippen molar-refractivity contribution in [2.24, 2.45) is 0 Å². The Kier molecular flexibility index (Phi) is 15.2. The monoisotopic (exact) mass is 292 g/mol. The maximum absolute atomic E-state index is 9.64. The molecule has 0 aromatic rings. The van der Waals surface area contributed by atoms with Crippen LogP contribution in [0.1, 0.15) is 25.7 Å². The first-order valence-corrected chi connectivity index (χ1v) is 4.13. The van der Waals surface area contributed by atoms with Crippen molar-refractivity contribution in [1.29, 1.82) is 0 Å². The summed E-state index contributed by atoms with van der Waals surface area (Å²) < 4.78 is 0. The van der Waals surface area contributed by atoms with Gasteiger partial charge >= 0.3 is 23.9 Å². The Hall–Kier alpha value is -1.60. The molecule has 100 valence electrons. The third kappa shape index (κ3) is 31.4. The SMILES string of the molecule is O=C(O)CCC(=O)O.O=C(O)CCC(=O)O.[Fe]. The van der Waals surface area contributed by atoms with Crippen LogP contribution in [0.5, 0.6) is 0 Å². The van der Waals surface area contributed by atoms with Crippen molar-refractivity contribution in [3.63, 3.8) is 0 Å². The first-order chi connectivity index (χ1) is 7.25. The summed E-state index contributed by atoms with van der Waals surface area (Å²) in [6, 6.07) is 0. The van der Waals surface area contributed by atoms with E-state index in [-0.39, 0.29) is 42.8 Å². The largest absolute Gasteiger partial charge is 0.481 e. The van der Waals surface area contributed by atoms with Crippen LogP contribution in [-0.2, 0) is 36.2 Å². The van der Waals surface area contributed by atoms with Gasteiger partial charge in [0, 0.05) is 17.1 Å². The van der Waals surface area contributed by atoms with E-state index < -0.39 is 23.9 Å². The number of rotatable bonds is 6. The zero-order valence-electron chi connectivity index (χ0n) is 8.60. The molecule has 0 unspecified atom stereocenters. The van der Waals surface area contributed by atoms with E-state index in [0.717, 1.165) is 0 Å². The number of aliphatic carboxylic acids is 4. The van der Waals surface area contributed by atoms with Crippen LogP contribution in [0.3, 0.4) is 0 Å². The molecule has 0 radical (unpaired) electrons. The summed E-state index contributed by atoms with van der Waals surface area (Å²) in [6.45, 7) is 0. The molecule has 0 fully saturated rings. The minimum Gasteiger partial charge on any atom is -0.481 e. The molecule has 17 heavy (non-hydrogen) atoms. The molecule has 0 aliphatic rings. The fourth-order valence-corrected chi connectivity index (χ4v) is 0.428. The summed E-state index contributed by atoms with van der Waals surface area (Å²) in [6.07, 6.45) is -1.19. The Morgan fingerprint density at radius 2 is 0.647 bits per heavy atom. The quantitative estimate of drug-likeness (QED) is 0.494. The van der Waals surface area contributed by atoms with E-state index in [2.05, 4.69) is 0 Å². The zero-order valence-corrected chi connectivity index (χ0v) is 9.71. The van der Waals surface area contributed by atoms with E-state index >= 15 is 0 Å². The minimum atomic E-state index is -1.08. The van der Waals surface area contributed by atoms with Gasteiger partial charge in [0.25, 0.3) is 0 Å². The van der Waals surface area contributed by atoms with Gasteiger partial charge in [-0.3, -0.25) is 19.2 Å². The van der Waals surface area contributed by atoms with E-state index in [0.29, 0.717) is 0 Å². The van der Waals surface area contributed by atoms with Crippen molar-refractivity contribution >= 4 is 23.9 Å². The molecule has 0 rings (SSSR count). The average molecular weight is 292 g/mol. The molecule has 0 aromatic heterocycles. The van der Waals surface area contributed by atoms with Gasteiger partial charge in [-0.25, -0.2) is 0 Å². The molecule has 0 aromatic carbocycles. The third-order valence-corrected chi connectivity index (χ3v) is 1.11. The molecule has 9 heteroatoms. The summed E-state index contributed by atoms with van der Waals surface area (Å²) in [5, 5.41) is 31.6. The van der Waals surface area contributed by atoms with Crippen molar-refractivity contribution in [2.75, 3.05) is 0 Å². The molecule has 8 nitrogen and oxygen atoms in total. The topological polar surface area (TPSA) is 149 Å². The second-order valence-corrected chi connectivity index (χ2v) is 2.57. The van der Waals surface area contributed by atoms with Crippen molar-refractivity contribution in [2.45, 2.75) is 25.7 Å². The Morgan fingerprint density at radius 1 is 0.529 bits per heavy atom. The van der Waals surface area contributed by atoms with Crippen LogP contribution >= 0.6 is 0 Å². The molecular weight excluding hydrogens is 280 g/mol. The molecule has 0 bridgehead atoms. The van der Waals surface area contributed by atoms with E-state index in [1.807, 2.05) is 0 Å². The maximum atomic E-state index is 9.64. The van der Waals surface area contributed by atoms with Gasteiger partial charge < -0.3 is 20.4 Å². The molecule has 0 heterocycles. The second-order valence-electron chi connectivity index (χ2n) is 2.57. The molecule has 0 atom stereocenters. The Bertz CT molecular complexity index is 219. The molecule has 0 aliphatic heterocycles. The normalized spacial score (nSPS) is 8.00. The fraction of sp³-hybridized carbons (Fsp3) is 0.500. The van der Waals surface area contributed by atoms with Crippen LogP contribution in [0.4, 0.5) is 0 Å². The maximum Gasteiger partial charge on any atom is 0.303 e. The van der Waals surface area contributed by atoms with Gasteiger partial charge in [-0.05, 0) is 0 Å². The van der Waals surface area contributed by atoms with Crippen LogP contribution in [0, 0.1) is 0 Å². The van der Waals surface area contributed by atoms with Crippen molar-refractivity contribution < 1.29 is 56.7 Å². The fourth-order valence-electron chi connectivity index (χ4n) is 0.428. The molecule has 0 aliphatic carbocycles. The van der Waals surface area contributed by atoms with E-state index in [1.165, 1.54) is 0 Å². The molecule has 0 amide bonds. The Morgan fingerprint density at radius 3 is 0.706 bits per heavy atom. The predicted octanol–water partition coefficient (Wildman–Crippen LogP) is -0.131. The van der Waals surface area contributed by atoms with E-state index in [9.17, 15) is 19.2 Å². The first-order valence-electron chi connectivity index (χ1n) is 4.13. The number of carbonyl (C=O) groups is 4. The number of carboxylic acid groups (broad SMARTS) is 4. The zero-order chi connectivity index (χ0) is 13.1. The van der Waals surface area contributed by atoms with Crippen molar-refractivity contribution in [3.05, 3.63) is 0 Å². The van der Waals surface area contributed by atoms with E-state index in [1.54, 1.807) is 0 Å². The van der Waals surface area contributed by atoms with Gasteiger partial charge in [0.2, 0.25) is 0 Å². The Balaban J connectivity index is -0.000000218. The summed E-state index contributed by atoms with van der Waals surface area (Å²) in [7, 11) is 0. The van der Waals surface area contributed by atoms with Gasteiger partial charge in [0.15, 0.2) is 0 Å². The van der Waals surface area contributed by atoms with Crippen molar-refractivity contribution in [1.82, 2.24) is 0 Å². The van der Waals surface area contributed by atoms with Crippen molar-refractivity contribution in [3.8, 4) is 0 Å². The van der Waals surface area contributed by atoms with Gasteiger partial charge in [-0.15, -0.1) is 0 Å². The average Bonchev–Trinajstić information content (AvgIpc) is 2.12. The number of hydrogen-bond acceptors (Lipinski definition) is 4. The molecule has 4 N–H and O–H groups in total. The summed E-state index contributed by atoms with van der Waals surface area (Å²) in [5.41, 5.74) is 0. The first kappa shape index (κ1) is 20.8. The summed E-state index contributed by atoms with van der Waals surface area (Å²) >= 11 is 0. The molecule has 0 spiro atoms. The second kappa shape index (κ2) is 12.5. The van der Waals surface area contributed by atoms with Crippen LogP contribution in [-0.4, -0.2) is 44.3 Å². The molecule has 0 saturated carbocycles. The smallest absolute Gasteiger partial charge is 0.303 e.